The Bertz CT molecular complexity index is 459. The van der Waals surface area contributed by atoms with Gasteiger partial charge in [0.25, 0.3) is 0 Å². The minimum atomic E-state index is -0.439. The Morgan fingerprint density at radius 3 is 1.57 bits per heavy atom. The fourth-order valence-corrected chi connectivity index (χ4v) is 6.87. The zero-order valence-corrected chi connectivity index (χ0v) is 16.3. The third-order valence-electron chi connectivity index (χ3n) is 4.77. The molecule has 0 spiro atoms. The average molecular weight is 401 g/mol. The van der Waals surface area contributed by atoms with E-state index in [9.17, 15) is 0 Å². The van der Waals surface area contributed by atoms with Crippen LogP contribution in [0, 0.1) is 11.8 Å². The molecule has 0 saturated heterocycles. The maximum atomic E-state index is 2.46. The van der Waals surface area contributed by atoms with Crippen LogP contribution in [-0.4, -0.2) is 0 Å². The predicted molar refractivity (Wildman–Crippen MR) is 76.2 cm³/mol. The van der Waals surface area contributed by atoms with E-state index < -0.39 is 23.2 Å². The molecule has 0 nitrogen and oxygen atoms in total. The van der Waals surface area contributed by atoms with Crippen LogP contribution >= 0.6 is 0 Å². The van der Waals surface area contributed by atoms with E-state index in [1.54, 1.807) is 11.1 Å². The summed E-state index contributed by atoms with van der Waals surface area (Å²) in [4.78, 5) is 0. The van der Waals surface area contributed by atoms with Crippen LogP contribution in [0.2, 0.25) is 0 Å². The van der Waals surface area contributed by atoms with Gasteiger partial charge >= 0.3 is 128 Å². The van der Waals surface area contributed by atoms with Crippen LogP contribution in [0.5, 0.6) is 0 Å². The molecule has 21 heavy (non-hydrogen) atoms. The molecule has 0 aliphatic heterocycles. The second-order valence-electron chi connectivity index (χ2n) is 6.64. The summed E-state index contributed by atoms with van der Waals surface area (Å²) in [5.41, 5.74) is 3.53. The molecule has 0 radical (unpaired) electrons. The summed E-state index contributed by atoms with van der Waals surface area (Å²) in [7, 11) is 0. The molecule has 0 bridgehead atoms. The van der Waals surface area contributed by atoms with Gasteiger partial charge in [-0.1, -0.05) is 0 Å². The molecule has 4 aliphatic rings. The standard InChI is InChI=1S/2C9H11.2ClH.Zr/c2*1-2-4-8(3-1)7-9-5-6-9;;;/h2*1,3,9H,2,5-7H2;2*1H;/q;;;;+2/p-2. The van der Waals surface area contributed by atoms with Crippen molar-refractivity contribution in [1.29, 1.82) is 0 Å². The van der Waals surface area contributed by atoms with Crippen LogP contribution in [-0.2, 0) is 23.2 Å². The minimum Gasteiger partial charge on any atom is -1.00 e. The van der Waals surface area contributed by atoms with Crippen molar-refractivity contribution in [1.82, 2.24) is 0 Å². The number of hydrogen-bond acceptors (Lipinski definition) is 0. The Morgan fingerprint density at radius 2 is 1.19 bits per heavy atom. The maximum absolute atomic E-state index is 2.46. The van der Waals surface area contributed by atoms with E-state index in [2.05, 4.69) is 24.3 Å². The van der Waals surface area contributed by atoms with E-state index >= 15 is 0 Å². The molecular weight excluding hydrogens is 378 g/mol. The quantitative estimate of drug-likeness (QED) is 0.543. The zero-order chi connectivity index (χ0) is 12.7. The monoisotopic (exact) mass is 398 g/mol. The Morgan fingerprint density at radius 1 is 0.762 bits per heavy atom. The maximum Gasteiger partial charge on any atom is -1.00 e. The first-order chi connectivity index (χ1) is 9.38. The second-order valence-corrected chi connectivity index (χ2v) is 10.2. The van der Waals surface area contributed by atoms with Crippen molar-refractivity contribution in [2.24, 2.45) is 11.8 Å². The molecule has 4 aliphatic carbocycles. The van der Waals surface area contributed by atoms with Crippen LogP contribution in [0.4, 0.5) is 0 Å². The summed E-state index contributed by atoms with van der Waals surface area (Å²) in [5, 5.41) is 0. The van der Waals surface area contributed by atoms with Gasteiger partial charge in [-0.05, 0) is 0 Å². The summed E-state index contributed by atoms with van der Waals surface area (Å²) < 4.78 is 3.81. The van der Waals surface area contributed by atoms with Gasteiger partial charge in [-0.25, -0.2) is 0 Å². The summed E-state index contributed by atoms with van der Waals surface area (Å²) in [6, 6.07) is 0. The number of halogens is 2. The third-order valence-corrected chi connectivity index (χ3v) is 8.84. The first kappa shape index (κ1) is 17.8. The molecule has 0 aromatic carbocycles. The molecule has 4 rings (SSSR count). The van der Waals surface area contributed by atoms with Crippen molar-refractivity contribution in [2.45, 2.75) is 51.4 Å². The number of allylic oxidation sites excluding steroid dienone is 8. The van der Waals surface area contributed by atoms with Crippen LogP contribution in [0.15, 0.2) is 42.0 Å². The Balaban J connectivity index is 0.000000807. The normalized spacial score (nSPS) is 23.2. The molecule has 0 unspecified atom stereocenters. The zero-order valence-electron chi connectivity index (χ0n) is 12.4. The van der Waals surface area contributed by atoms with E-state index in [1.165, 1.54) is 51.4 Å². The first-order valence-corrected chi connectivity index (χ1v) is 10.4. The summed E-state index contributed by atoms with van der Waals surface area (Å²) >= 11 is -0.439. The molecule has 3 heteroatoms. The van der Waals surface area contributed by atoms with Gasteiger partial charge in [-0.15, -0.1) is 0 Å². The van der Waals surface area contributed by atoms with Gasteiger partial charge in [0.05, 0.1) is 0 Å². The second kappa shape index (κ2) is 7.80. The van der Waals surface area contributed by atoms with Gasteiger partial charge in [0.1, 0.15) is 0 Å². The molecule has 2 fully saturated rings. The van der Waals surface area contributed by atoms with E-state index in [0.29, 0.717) is 0 Å². The smallest absolute Gasteiger partial charge is 1.00 e. The molecule has 0 N–H and O–H groups in total. The van der Waals surface area contributed by atoms with Crippen molar-refractivity contribution < 1.29 is 48.0 Å². The summed E-state index contributed by atoms with van der Waals surface area (Å²) in [6.45, 7) is 0. The molecule has 0 aromatic heterocycles. The Kier molecular flexibility index (Phi) is 6.60. The molecule has 0 amide bonds. The van der Waals surface area contributed by atoms with Gasteiger partial charge in [0, 0.05) is 0 Å². The predicted octanol–water partition coefficient (Wildman–Crippen LogP) is -0.895. The van der Waals surface area contributed by atoms with Gasteiger partial charge in [0.2, 0.25) is 0 Å². The van der Waals surface area contributed by atoms with Gasteiger partial charge in [-0.3, -0.25) is 0 Å². The van der Waals surface area contributed by atoms with Gasteiger partial charge in [-0.2, -0.15) is 0 Å². The Labute approximate surface area is 152 Å². The van der Waals surface area contributed by atoms with Crippen molar-refractivity contribution in [3.05, 3.63) is 42.0 Å². The Hall–Kier alpha value is 0.423. The summed E-state index contributed by atoms with van der Waals surface area (Å²) in [6.07, 6.45) is 21.2. The molecule has 0 heterocycles. The minimum absolute atomic E-state index is 0. The van der Waals surface area contributed by atoms with Crippen LogP contribution in [0.3, 0.4) is 0 Å². The van der Waals surface area contributed by atoms with E-state index in [4.69, 9.17) is 0 Å². The van der Waals surface area contributed by atoms with Gasteiger partial charge < -0.3 is 24.8 Å². The van der Waals surface area contributed by atoms with E-state index in [-0.39, 0.29) is 24.8 Å². The van der Waals surface area contributed by atoms with Crippen LogP contribution in [0.25, 0.3) is 0 Å². The first-order valence-electron chi connectivity index (χ1n) is 7.92. The fourth-order valence-electron chi connectivity index (χ4n) is 3.19. The number of rotatable bonds is 6. The van der Waals surface area contributed by atoms with Crippen molar-refractivity contribution in [3.63, 3.8) is 0 Å². The van der Waals surface area contributed by atoms with Gasteiger partial charge in [0.15, 0.2) is 0 Å². The molecular formula is C18H22Cl2Zr. The van der Waals surface area contributed by atoms with Crippen molar-refractivity contribution >= 4 is 0 Å². The van der Waals surface area contributed by atoms with Crippen molar-refractivity contribution in [3.8, 4) is 0 Å². The van der Waals surface area contributed by atoms with Crippen LogP contribution < -0.4 is 24.8 Å². The molecule has 112 valence electrons. The SMILES string of the molecule is C1=CC(CC2CC2)=[C]([Zr+2][C]2=C(CC3CC3)C=CC2)C1.[Cl-].[Cl-]. The molecule has 2 saturated carbocycles. The van der Waals surface area contributed by atoms with E-state index in [0.717, 1.165) is 11.8 Å². The average Bonchev–Trinajstić information content (AvgIpc) is 3.29. The van der Waals surface area contributed by atoms with Crippen molar-refractivity contribution in [2.75, 3.05) is 0 Å². The summed E-state index contributed by atoms with van der Waals surface area (Å²) in [5.74, 6) is 2.10. The molecule has 0 aromatic rings. The largest absolute Gasteiger partial charge is 1.00 e. The fraction of sp³-hybridized carbons (Fsp3) is 0.556. The molecule has 0 atom stereocenters. The third kappa shape index (κ3) is 4.70. The topological polar surface area (TPSA) is 0 Å². The van der Waals surface area contributed by atoms with E-state index in [1.807, 2.05) is 6.56 Å². The number of hydrogen-bond donors (Lipinski definition) is 0. The van der Waals surface area contributed by atoms with Crippen LogP contribution in [0.1, 0.15) is 51.4 Å².